The Morgan fingerprint density at radius 3 is 1.88 bits per heavy atom. The maximum atomic E-state index is 13.1. The van der Waals surface area contributed by atoms with E-state index in [0.717, 1.165) is 0 Å². The predicted octanol–water partition coefficient (Wildman–Crippen LogP) is -6.26. The number of thiol groups is 2. The van der Waals surface area contributed by atoms with Gasteiger partial charge in [-0.05, 0) is 19.8 Å². The van der Waals surface area contributed by atoms with Gasteiger partial charge >= 0.3 is 5.97 Å². The van der Waals surface area contributed by atoms with Crippen molar-refractivity contribution in [1.29, 1.82) is 0 Å². The Balaban J connectivity index is 5.73. The molecule has 0 rings (SSSR count). The molecule has 0 saturated carbocycles. The van der Waals surface area contributed by atoms with E-state index >= 15 is 0 Å². The number of amides is 5. The van der Waals surface area contributed by atoms with Crippen LogP contribution in [0, 0.1) is 0 Å². The molecular weight excluding hydrogens is 586 g/mol. The van der Waals surface area contributed by atoms with E-state index in [2.05, 4.69) is 56.8 Å². The van der Waals surface area contributed by atoms with Crippen LogP contribution in [0.2, 0.25) is 0 Å². The topological polar surface area (TPSA) is 314 Å². The average molecular weight is 626 g/mol. The Kier molecular flexibility index (Phi) is 18.1. The molecule has 0 aliphatic carbocycles. The molecule has 0 aliphatic rings. The van der Waals surface area contributed by atoms with Gasteiger partial charge in [0.15, 0.2) is 5.96 Å². The normalized spacial score (nSPS) is 15.1. The second-order valence-corrected chi connectivity index (χ2v) is 9.36. The Morgan fingerprint density at radius 2 is 1.39 bits per heavy atom. The zero-order valence-electron chi connectivity index (χ0n) is 22.3. The summed E-state index contributed by atoms with van der Waals surface area (Å²) in [5.41, 5.74) is 16.1. The second-order valence-electron chi connectivity index (χ2n) is 8.62. The SMILES string of the molecule is C[C@@H](O)[C@H](NC(=O)[C@H](CCCN=C(N)N)NC(=O)[C@H](CO)NC(=O)[C@@H](N)CS)C(=O)N[C@@H](CS)C(=O)NCC(=O)O. The molecule has 18 nitrogen and oxygen atoms in total. The van der Waals surface area contributed by atoms with Gasteiger partial charge in [0, 0.05) is 18.1 Å². The van der Waals surface area contributed by atoms with Crippen molar-refractivity contribution in [2.24, 2.45) is 22.2 Å². The quantitative estimate of drug-likeness (QED) is 0.0276. The number of aliphatic hydroxyl groups is 2. The molecule has 0 spiro atoms. The van der Waals surface area contributed by atoms with Crippen molar-refractivity contribution >= 4 is 66.7 Å². The van der Waals surface area contributed by atoms with E-state index in [0.29, 0.717) is 0 Å². The van der Waals surface area contributed by atoms with Crippen molar-refractivity contribution in [2.75, 3.05) is 31.2 Å². The molecule has 20 heteroatoms. The molecule has 0 saturated heterocycles. The summed E-state index contributed by atoms with van der Waals surface area (Å²) < 4.78 is 0. The van der Waals surface area contributed by atoms with Gasteiger partial charge < -0.3 is 59.1 Å². The van der Waals surface area contributed by atoms with Crippen LogP contribution in [0.4, 0.5) is 0 Å². The standard InChI is InChI=1S/C21H39N9O9S2/c1-9(32)15(20(39)29-13(8-41)17(36)26-5-14(33)34)30-18(37)11(3-2-4-25-21(23)24)27-19(38)12(6-31)28-16(35)10(22)7-40/h9-13,15,31-32,40-41H,2-8,22H2,1H3,(H,26,36)(H,27,38)(H,28,35)(H,29,39)(H,30,37)(H,33,34)(H4,23,24,25)/t9-,10+,11+,12+,13+,15+/m1/s1. The second kappa shape index (κ2) is 19.7. The Bertz CT molecular complexity index is 951. The van der Waals surface area contributed by atoms with Crippen LogP contribution in [-0.4, -0.2) is 124 Å². The number of aliphatic hydroxyl groups excluding tert-OH is 2. The van der Waals surface area contributed by atoms with E-state index in [-0.39, 0.29) is 36.9 Å². The maximum absolute atomic E-state index is 13.1. The first-order valence-corrected chi connectivity index (χ1v) is 13.5. The number of nitrogens with zero attached hydrogens (tertiary/aromatic N) is 1. The van der Waals surface area contributed by atoms with Gasteiger partial charge in [-0.25, -0.2) is 0 Å². The number of hydrogen-bond acceptors (Lipinski definition) is 12. The number of carboxylic acids is 1. The van der Waals surface area contributed by atoms with Gasteiger partial charge in [0.2, 0.25) is 29.5 Å². The monoisotopic (exact) mass is 625 g/mol. The first-order chi connectivity index (χ1) is 19.2. The van der Waals surface area contributed by atoms with Crippen LogP contribution in [0.1, 0.15) is 19.8 Å². The minimum Gasteiger partial charge on any atom is -0.480 e. The van der Waals surface area contributed by atoms with Gasteiger partial charge in [-0.15, -0.1) is 0 Å². The molecule has 14 N–H and O–H groups in total. The van der Waals surface area contributed by atoms with Gasteiger partial charge in [-0.1, -0.05) is 0 Å². The highest BCUT2D eigenvalue weighted by molar-refractivity contribution is 7.80. The number of guanidine groups is 1. The molecule has 5 amide bonds. The average Bonchev–Trinajstić information content (AvgIpc) is 2.91. The third kappa shape index (κ3) is 14.7. The lowest BCUT2D eigenvalue weighted by molar-refractivity contribution is -0.138. The van der Waals surface area contributed by atoms with E-state index in [9.17, 15) is 39.0 Å². The van der Waals surface area contributed by atoms with Crippen LogP contribution in [0.25, 0.3) is 0 Å². The number of rotatable bonds is 19. The highest BCUT2D eigenvalue weighted by atomic mass is 32.1. The van der Waals surface area contributed by atoms with Gasteiger partial charge in [-0.2, -0.15) is 25.3 Å². The number of aliphatic carboxylic acids is 1. The van der Waals surface area contributed by atoms with Crippen molar-refractivity contribution in [3.63, 3.8) is 0 Å². The molecular formula is C21H39N9O9S2. The van der Waals surface area contributed by atoms with E-state index in [1.54, 1.807) is 0 Å². The largest absolute Gasteiger partial charge is 0.480 e. The maximum Gasteiger partial charge on any atom is 0.322 e. The molecule has 0 unspecified atom stereocenters. The van der Waals surface area contributed by atoms with Gasteiger partial charge in [0.05, 0.1) is 18.8 Å². The molecule has 234 valence electrons. The van der Waals surface area contributed by atoms with Gasteiger partial charge in [-0.3, -0.25) is 33.8 Å². The fraction of sp³-hybridized carbons (Fsp3) is 0.667. The van der Waals surface area contributed by atoms with Crippen LogP contribution in [0.5, 0.6) is 0 Å². The highest BCUT2D eigenvalue weighted by Gasteiger charge is 2.33. The van der Waals surface area contributed by atoms with Crippen molar-refractivity contribution in [2.45, 2.75) is 56.1 Å². The number of carboxylic acid groups (broad SMARTS) is 1. The predicted molar refractivity (Wildman–Crippen MR) is 153 cm³/mol. The van der Waals surface area contributed by atoms with E-state index in [1.165, 1.54) is 6.92 Å². The van der Waals surface area contributed by atoms with Crippen LogP contribution in [0.3, 0.4) is 0 Å². The summed E-state index contributed by atoms with van der Waals surface area (Å²) in [6.07, 6.45) is -1.41. The summed E-state index contributed by atoms with van der Waals surface area (Å²) in [5, 5.41) is 39.7. The molecule has 0 aromatic heterocycles. The summed E-state index contributed by atoms with van der Waals surface area (Å²) in [5.74, 6) is -6.39. The minimum atomic E-state index is -1.63. The minimum absolute atomic E-state index is 0.0421. The number of aliphatic imine (C=N–C) groups is 1. The molecule has 6 atom stereocenters. The lowest BCUT2D eigenvalue weighted by atomic mass is 10.1. The molecule has 0 fully saturated rings. The van der Waals surface area contributed by atoms with E-state index in [1.807, 2.05) is 0 Å². The zero-order chi connectivity index (χ0) is 31.7. The van der Waals surface area contributed by atoms with Crippen molar-refractivity contribution in [1.82, 2.24) is 26.6 Å². The number of nitrogens with one attached hydrogen (secondary N) is 5. The van der Waals surface area contributed by atoms with Gasteiger partial charge in [0.25, 0.3) is 0 Å². The number of carbonyl (C=O) groups excluding carboxylic acids is 5. The third-order valence-corrected chi connectivity index (χ3v) is 5.98. The summed E-state index contributed by atoms with van der Waals surface area (Å²) in [7, 11) is 0. The molecule has 0 aromatic rings. The van der Waals surface area contributed by atoms with Gasteiger partial charge in [0.1, 0.15) is 30.7 Å². The molecule has 0 radical (unpaired) electrons. The zero-order valence-corrected chi connectivity index (χ0v) is 24.1. The van der Waals surface area contributed by atoms with Crippen molar-refractivity contribution < 1.29 is 44.1 Å². The summed E-state index contributed by atoms with van der Waals surface area (Å²) in [4.78, 5) is 77.4. The van der Waals surface area contributed by atoms with E-state index < -0.39 is 85.0 Å². The lowest BCUT2D eigenvalue weighted by Gasteiger charge is -2.27. The van der Waals surface area contributed by atoms with Crippen LogP contribution >= 0.6 is 25.3 Å². The smallest absolute Gasteiger partial charge is 0.322 e. The fourth-order valence-corrected chi connectivity index (χ4v) is 3.42. The lowest BCUT2D eigenvalue weighted by Crippen LogP contribution is -2.61. The number of carbonyl (C=O) groups is 6. The highest BCUT2D eigenvalue weighted by Crippen LogP contribution is 2.04. The number of hydrogen-bond donors (Lipinski definition) is 13. The summed E-state index contributed by atoms with van der Waals surface area (Å²) in [6.45, 7) is -0.312. The van der Waals surface area contributed by atoms with Crippen molar-refractivity contribution in [3.8, 4) is 0 Å². The molecule has 0 bridgehead atoms. The molecule has 0 aliphatic heterocycles. The number of nitrogens with two attached hydrogens (primary N) is 3. The third-order valence-electron chi connectivity index (χ3n) is 5.22. The van der Waals surface area contributed by atoms with Crippen LogP contribution < -0.4 is 43.8 Å². The van der Waals surface area contributed by atoms with Crippen LogP contribution in [-0.2, 0) is 28.8 Å². The Hall–Kier alpha value is -3.33. The molecule has 0 aromatic carbocycles. The fourth-order valence-electron chi connectivity index (χ4n) is 3.00. The Morgan fingerprint density at radius 1 is 0.829 bits per heavy atom. The first-order valence-electron chi connectivity index (χ1n) is 12.2. The first kappa shape index (κ1) is 37.7. The molecule has 0 heterocycles. The van der Waals surface area contributed by atoms with Crippen LogP contribution in [0.15, 0.2) is 4.99 Å². The molecule has 41 heavy (non-hydrogen) atoms. The summed E-state index contributed by atoms with van der Waals surface area (Å²) in [6, 6.07) is -6.86. The Labute approximate surface area is 246 Å². The van der Waals surface area contributed by atoms with Crippen molar-refractivity contribution in [3.05, 3.63) is 0 Å². The summed E-state index contributed by atoms with van der Waals surface area (Å²) >= 11 is 7.85. The van der Waals surface area contributed by atoms with E-state index in [4.69, 9.17) is 22.3 Å².